The number of nitrogens with zero attached hydrogens (tertiary/aromatic N) is 2. The monoisotopic (exact) mass is 408 g/mol. The Bertz CT molecular complexity index is 923. The number of aryl methyl sites for hydroxylation is 2. The van der Waals surface area contributed by atoms with E-state index >= 15 is 0 Å². The number of fused-ring (bicyclic) bond motifs is 1. The second-order valence-corrected chi connectivity index (χ2v) is 8.84. The van der Waals surface area contributed by atoms with Gasteiger partial charge in [0.05, 0.1) is 0 Å². The second-order valence-electron chi connectivity index (χ2n) is 6.50. The van der Waals surface area contributed by atoms with E-state index < -0.39 is 0 Å². The van der Waals surface area contributed by atoms with Crippen molar-refractivity contribution in [2.45, 2.75) is 19.8 Å². The molecule has 0 aliphatic carbocycles. The minimum absolute atomic E-state index is 0.174. The van der Waals surface area contributed by atoms with Crippen LogP contribution in [0.1, 0.15) is 17.5 Å². The number of pyridine rings is 1. The van der Waals surface area contributed by atoms with Crippen LogP contribution in [0.25, 0.3) is 11.3 Å². The molecule has 1 aliphatic rings. The molecule has 3 aromatic rings. The van der Waals surface area contributed by atoms with Gasteiger partial charge in [-0.2, -0.15) is 0 Å². The third-order valence-corrected chi connectivity index (χ3v) is 6.76. The molecule has 4 heteroatoms. The van der Waals surface area contributed by atoms with E-state index in [1.807, 2.05) is 6.07 Å². The maximum absolute atomic E-state index is 11.5. The van der Waals surface area contributed by atoms with Gasteiger partial charge >= 0.3 is 160 Å². The molecule has 3 nitrogen and oxygen atoms in total. The number of amides is 1. The molecule has 1 aromatic heterocycles. The van der Waals surface area contributed by atoms with Gasteiger partial charge in [0.25, 0.3) is 0 Å². The first kappa shape index (κ1) is 17.0. The number of benzene rings is 2. The number of carbonyl (C=O) groups excluding carboxylic acids is 1. The number of hydrogen-bond acceptors (Lipinski definition) is 2. The van der Waals surface area contributed by atoms with E-state index in [0.717, 1.165) is 42.9 Å². The van der Waals surface area contributed by atoms with Gasteiger partial charge in [0, 0.05) is 0 Å². The van der Waals surface area contributed by atoms with Crippen LogP contribution in [0.5, 0.6) is 0 Å². The summed E-state index contributed by atoms with van der Waals surface area (Å²) in [4.78, 5) is 18.2. The summed E-state index contributed by atoms with van der Waals surface area (Å²) in [6.45, 7) is 2.84. The number of aromatic nitrogens is 1. The zero-order valence-corrected chi connectivity index (χ0v) is 16.4. The molecule has 0 bridgehead atoms. The van der Waals surface area contributed by atoms with Crippen LogP contribution in [0, 0.1) is 6.92 Å². The summed E-state index contributed by atoms with van der Waals surface area (Å²) in [5, 5.41) is 0. The van der Waals surface area contributed by atoms with Crippen LogP contribution >= 0.6 is 0 Å². The van der Waals surface area contributed by atoms with Gasteiger partial charge in [-0.05, 0) is 0 Å². The summed E-state index contributed by atoms with van der Waals surface area (Å²) < 4.78 is 2.61. The van der Waals surface area contributed by atoms with E-state index in [-0.39, 0.29) is 15.0 Å². The Morgan fingerprint density at radius 2 is 1.85 bits per heavy atom. The van der Waals surface area contributed by atoms with Gasteiger partial charge in [-0.1, -0.05) is 0 Å². The Balaban J connectivity index is 1.85. The molecule has 26 heavy (non-hydrogen) atoms. The third kappa shape index (κ3) is 3.44. The third-order valence-electron chi connectivity index (χ3n) is 4.58. The average molecular weight is 407 g/mol. The predicted octanol–water partition coefficient (Wildman–Crippen LogP) is 2.62. The fourth-order valence-corrected chi connectivity index (χ4v) is 5.33. The Morgan fingerprint density at radius 1 is 1.08 bits per heavy atom. The summed E-state index contributed by atoms with van der Waals surface area (Å²) in [6, 6.07) is 21.3. The first-order valence-corrected chi connectivity index (χ1v) is 10.5. The SMILES string of the molecule is Cc1ccc(-c2nc3c(cc2[Se]c2ccccc2)CCCN3C=O)cc1. The first-order chi connectivity index (χ1) is 12.7. The molecule has 0 atom stereocenters. The predicted molar refractivity (Wildman–Crippen MR) is 108 cm³/mol. The molecule has 4 rings (SSSR count). The van der Waals surface area contributed by atoms with Gasteiger partial charge in [-0.3, -0.25) is 0 Å². The van der Waals surface area contributed by atoms with Crippen molar-refractivity contribution in [3.8, 4) is 11.3 Å². The Labute approximate surface area is 160 Å². The zero-order chi connectivity index (χ0) is 17.9. The van der Waals surface area contributed by atoms with Gasteiger partial charge < -0.3 is 0 Å². The second kappa shape index (κ2) is 7.45. The van der Waals surface area contributed by atoms with Crippen molar-refractivity contribution >= 4 is 36.1 Å². The van der Waals surface area contributed by atoms with Crippen molar-refractivity contribution in [1.82, 2.24) is 4.98 Å². The van der Waals surface area contributed by atoms with Gasteiger partial charge in [-0.15, -0.1) is 0 Å². The van der Waals surface area contributed by atoms with Crippen molar-refractivity contribution in [2.24, 2.45) is 0 Å². The summed E-state index contributed by atoms with van der Waals surface area (Å²) in [7, 11) is 0. The fraction of sp³-hybridized carbons (Fsp3) is 0.182. The van der Waals surface area contributed by atoms with Crippen molar-refractivity contribution in [1.29, 1.82) is 0 Å². The molecule has 0 unspecified atom stereocenters. The summed E-state index contributed by atoms with van der Waals surface area (Å²) in [5.41, 5.74) is 4.53. The van der Waals surface area contributed by atoms with E-state index in [9.17, 15) is 4.79 Å². The van der Waals surface area contributed by atoms with Crippen LogP contribution in [-0.2, 0) is 11.2 Å². The van der Waals surface area contributed by atoms with Crippen LogP contribution in [0.15, 0.2) is 60.7 Å². The van der Waals surface area contributed by atoms with Crippen molar-refractivity contribution < 1.29 is 4.79 Å². The Hall–Kier alpha value is -2.42. The Morgan fingerprint density at radius 3 is 2.58 bits per heavy atom. The molecule has 130 valence electrons. The molecule has 0 fully saturated rings. The molecule has 0 saturated carbocycles. The van der Waals surface area contributed by atoms with Crippen LogP contribution in [0.3, 0.4) is 0 Å². The van der Waals surface area contributed by atoms with Gasteiger partial charge in [0.2, 0.25) is 0 Å². The van der Waals surface area contributed by atoms with Crippen molar-refractivity contribution in [3.63, 3.8) is 0 Å². The molecule has 0 N–H and O–H groups in total. The average Bonchev–Trinajstić information content (AvgIpc) is 2.68. The van der Waals surface area contributed by atoms with Crippen LogP contribution in [0.2, 0.25) is 0 Å². The normalized spacial score (nSPS) is 13.3. The van der Waals surface area contributed by atoms with E-state index in [1.165, 1.54) is 20.1 Å². The number of anilines is 1. The first-order valence-electron chi connectivity index (χ1n) is 8.80. The van der Waals surface area contributed by atoms with Crippen molar-refractivity contribution in [3.05, 3.63) is 71.8 Å². The van der Waals surface area contributed by atoms with Crippen LogP contribution in [0.4, 0.5) is 5.82 Å². The molecule has 0 spiro atoms. The zero-order valence-electron chi connectivity index (χ0n) is 14.7. The number of rotatable bonds is 4. The summed E-state index contributed by atoms with van der Waals surface area (Å²) >= 11 is 0.174. The van der Waals surface area contributed by atoms with Gasteiger partial charge in [0.1, 0.15) is 0 Å². The summed E-state index contributed by atoms with van der Waals surface area (Å²) in [5.74, 6) is 0.828. The van der Waals surface area contributed by atoms with E-state index in [0.29, 0.717) is 0 Å². The van der Waals surface area contributed by atoms with Crippen molar-refractivity contribution in [2.75, 3.05) is 11.4 Å². The van der Waals surface area contributed by atoms with E-state index in [1.54, 1.807) is 4.90 Å². The minimum atomic E-state index is 0.174. The van der Waals surface area contributed by atoms with E-state index in [4.69, 9.17) is 4.98 Å². The topological polar surface area (TPSA) is 33.2 Å². The molecule has 0 saturated heterocycles. The van der Waals surface area contributed by atoms with E-state index in [2.05, 4.69) is 61.5 Å². The molecular formula is C22H20N2OSe. The maximum atomic E-state index is 11.5. The number of carbonyl (C=O) groups is 1. The number of hydrogen-bond donors (Lipinski definition) is 0. The molecular weight excluding hydrogens is 387 g/mol. The molecule has 0 radical (unpaired) electrons. The standard InChI is InChI=1S/C22H20N2OSe/c1-16-9-11-17(12-10-16)21-20(26-19-7-3-2-4-8-19)14-18-6-5-13-24(15-25)22(18)23-21/h2-4,7-12,14-15H,5-6,13H2,1H3. The van der Waals surface area contributed by atoms with Crippen LogP contribution in [-0.4, -0.2) is 32.9 Å². The van der Waals surface area contributed by atoms with Gasteiger partial charge in [-0.25, -0.2) is 0 Å². The molecule has 2 aromatic carbocycles. The molecule has 2 heterocycles. The fourth-order valence-electron chi connectivity index (χ4n) is 3.22. The van der Waals surface area contributed by atoms with Gasteiger partial charge in [0.15, 0.2) is 0 Å². The van der Waals surface area contributed by atoms with Crippen LogP contribution < -0.4 is 13.8 Å². The Kier molecular flexibility index (Phi) is 4.87. The molecule has 1 aliphatic heterocycles. The quantitative estimate of drug-likeness (QED) is 0.492. The summed E-state index contributed by atoms with van der Waals surface area (Å²) in [6.07, 6.45) is 2.89. The molecule has 1 amide bonds.